The van der Waals surface area contributed by atoms with Crippen molar-refractivity contribution >= 4 is 0 Å². The van der Waals surface area contributed by atoms with Gasteiger partial charge in [0.1, 0.15) is 0 Å². The van der Waals surface area contributed by atoms with Gasteiger partial charge in [-0.2, -0.15) is 0 Å². The SMILES string of the molecule is C=CCN1C=CCC(CO)(c2ccc(CC)cc2)C1. The van der Waals surface area contributed by atoms with Crippen molar-refractivity contribution in [3.63, 3.8) is 0 Å². The topological polar surface area (TPSA) is 23.5 Å². The molecule has 0 bridgehead atoms. The molecular formula is C17H23NO. The summed E-state index contributed by atoms with van der Waals surface area (Å²) < 4.78 is 0. The zero-order valence-corrected chi connectivity index (χ0v) is 11.7. The van der Waals surface area contributed by atoms with Crippen molar-refractivity contribution in [2.45, 2.75) is 25.2 Å². The Balaban J connectivity index is 2.26. The second-order valence-corrected chi connectivity index (χ2v) is 5.30. The Morgan fingerprint density at radius 2 is 2.11 bits per heavy atom. The van der Waals surface area contributed by atoms with Crippen LogP contribution in [0.25, 0.3) is 0 Å². The number of hydrogen-bond acceptors (Lipinski definition) is 2. The second kappa shape index (κ2) is 6.07. The van der Waals surface area contributed by atoms with E-state index in [9.17, 15) is 5.11 Å². The molecule has 2 rings (SSSR count). The van der Waals surface area contributed by atoms with Crippen LogP contribution in [0.3, 0.4) is 0 Å². The molecule has 0 aliphatic carbocycles. The molecule has 1 aliphatic rings. The number of benzene rings is 1. The molecule has 1 aliphatic heterocycles. The molecule has 1 aromatic rings. The number of rotatable bonds is 5. The van der Waals surface area contributed by atoms with Crippen molar-refractivity contribution in [3.8, 4) is 0 Å². The standard InChI is InChI=1S/C17H23NO/c1-3-11-18-12-5-10-17(13-18,14-19)16-8-6-15(4-2)7-9-16/h3,5-9,12,19H,1,4,10-11,13-14H2,2H3. The number of nitrogens with zero attached hydrogens (tertiary/aromatic N) is 1. The van der Waals surface area contributed by atoms with Crippen LogP contribution in [0.2, 0.25) is 0 Å². The van der Waals surface area contributed by atoms with E-state index in [1.807, 2.05) is 6.08 Å². The molecule has 0 spiro atoms. The maximum atomic E-state index is 9.92. The van der Waals surface area contributed by atoms with Crippen molar-refractivity contribution < 1.29 is 5.11 Å². The lowest BCUT2D eigenvalue weighted by atomic mass is 9.76. The summed E-state index contributed by atoms with van der Waals surface area (Å²) in [5.41, 5.74) is 2.39. The summed E-state index contributed by atoms with van der Waals surface area (Å²) in [5, 5.41) is 9.92. The minimum absolute atomic E-state index is 0.177. The number of aliphatic hydroxyl groups is 1. The zero-order valence-electron chi connectivity index (χ0n) is 11.7. The molecule has 1 N–H and O–H groups in total. The van der Waals surface area contributed by atoms with Gasteiger partial charge in [-0.15, -0.1) is 6.58 Å². The van der Waals surface area contributed by atoms with Crippen LogP contribution in [0.5, 0.6) is 0 Å². The Bertz CT molecular complexity index is 449. The van der Waals surface area contributed by atoms with E-state index in [0.29, 0.717) is 0 Å². The third kappa shape index (κ3) is 2.90. The lowest BCUT2D eigenvalue weighted by molar-refractivity contribution is 0.151. The lowest BCUT2D eigenvalue weighted by Gasteiger charge is -2.39. The molecule has 0 saturated heterocycles. The van der Waals surface area contributed by atoms with Gasteiger partial charge in [-0.1, -0.05) is 43.3 Å². The molecule has 0 fully saturated rings. The van der Waals surface area contributed by atoms with Gasteiger partial charge in [0.25, 0.3) is 0 Å². The van der Waals surface area contributed by atoms with E-state index in [4.69, 9.17) is 0 Å². The fourth-order valence-corrected chi connectivity index (χ4v) is 2.73. The van der Waals surface area contributed by atoms with Crippen molar-refractivity contribution in [2.75, 3.05) is 19.7 Å². The van der Waals surface area contributed by atoms with Gasteiger partial charge in [-0.3, -0.25) is 0 Å². The first-order valence-corrected chi connectivity index (χ1v) is 6.96. The Labute approximate surface area is 116 Å². The third-order valence-corrected chi connectivity index (χ3v) is 3.97. The summed E-state index contributed by atoms with van der Waals surface area (Å²) in [6.45, 7) is 7.79. The summed E-state index contributed by atoms with van der Waals surface area (Å²) in [6.07, 6.45) is 8.10. The predicted molar refractivity (Wildman–Crippen MR) is 80.1 cm³/mol. The monoisotopic (exact) mass is 257 g/mol. The van der Waals surface area contributed by atoms with Crippen LogP contribution < -0.4 is 0 Å². The molecule has 2 nitrogen and oxygen atoms in total. The van der Waals surface area contributed by atoms with Crippen LogP contribution >= 0.6 is 0 Å². The maximum absolute atomic E-state index is 9.92. The summed E-state index contributed by atoms with van der Waals surface area (Å²) in [4.78, 5) is 2.21. The van der Waals surface area contributed by atoms with E-state index in [-0.39, 0.29) is 12.0 Å². The van der Waals surface area contributed by atoms with E-state index >= 15 is 0 Å². The summed E-state index contributed by atoms with van der Waals surface area (Å²) >= 11 is 0. The van der Waals surface area contributed by atoms with Gasteiger partial charge in [0.05, 0.1) is 6.61 Å². The van der Waals surface area contributed by atoms with E-state index in [1.165, 1.54) is 11.1 Å². The van der Waals surface area contributed by atoms with Gasteiger partial charge < -0.3 is 10.0 Å². The molecule has 0 aromatic heterocycles. The molecule has 1 heterocycles. The van der Waals surface area contributed by atoms with E-state index in [0.717, 1.165) is 25.9 Å². The summed E-state index contributed by atoms with van der Waals surface area (Å²) in [6, 6.07) is 8.67. The van der Waals surface area contributed by atoms with Crippen LogP contribution in [0.1, 0.15) is 24.5 Å². The maximum Gasteiger partial charge on any atom is 0.0548 e. The van der Waals surface area contributed by atoms with E-state index in [2.05, 4.69) is 54.9 Å². The fourth-order valence-electron chi connectivity index (χ4n) is 2.73. The Morgan fingerprint density at radius 1 is 1.37 bits per heavy atom. The van der Waals surface area contributed by atoms with Gasteiger partial charge in [-0.05, 0) is 30.2 Å². The number of hydrogen-bond donors (Lipinski definition) is 1. The van der Waals surface area contributed by atoms with Crippen LogP contribution in [0, 0.1) is 0 Å². The zero-order chi connectivity index (χ0) is 13.7. The van der Waals surface area contributed by atoms with Crippen LogP contribution in [0.15, 0.2) is 49.2 Å². The fraction of sp³-hybridized carbons (Fsp3) is 0.412. The number of aryl methyl sites for hydroxylation is 1. The summed E-state index contributed by atoms with van der Waals surface area (Å²) in [7, 11) is 0. The van der Waals surface area contributed by atoms with E-state index in [1.54, 1.807) is 0 Å². The van der Waals surface area contributed by atoms with Crippen LogP contribution in [-0.4, -0.2) is 29.7 Å². The average Bonchev–Trinajstić information content (AvgIpc) is 2.48. The largest absolute Gasteiger partial charge is 0.395 e. The Morgan fingerprint density at radius 3 is 2.68 bits per heavy atom. The van der Waals surface area contributed by atoms with Gasteiger partial charge >= 0.3 is 0 Å². The molecule has 1 atom stereocenters. The van der Waals surface area contributed by atoms with Crippen LogP contribution in [0.4, 0.5) is 0 Å². The first kappa shape index (κ1) is 13.9. The third-order valence-electron chi connectivity index (χ3n) is 3.97. The normalized spacial score (nSPS) is 22.5. The summed E-state index contributed by atoms with van der Waals surface area (Å²) in [5.74, 6) is 0. The molecule has 102 valence electrons. The van der Waals surface area contributed by atoms with Gasteiger partial charge in [0.2, 0.25) is 0 Å². The Kier molecular flexibility index (Phi) is 4.43. The van der Waals surface area contributed by atoms with Crippen molar-refractivity contribution in [3.05, 3.63) is 60.3 Å². The highest BCUT2D eigenvalue weighted by atomic mass is 16.3. The molecule has 1 unspecified atom stereocenters. The van der Waals surface area contributed by atoms with Crippen LogP contribution in [-0.2, 0) is 11.8 Å². The second-order valence-electron chi connectivity index (χ2n) is 5.30. The molecule has 0 amide bonds. The Hall–Kier alpha value is -1.54. The van der Waals surface area contributed by atoms with Gasteiger partial charge in [0, 0.05) is 18.5 Å². The number of allylic oxidation sites excluding steroid dienone is 1. The van der Waals surface area contributed by atoms with Gasteiger partial charge in [0.15, 0.2) is 0 Å². The number of aliphatic hydroxyl groups excluding tert-OH is 1. The highest BCUT2D eigenvalue weighted by molar-refractivity contribution is 5.32. The average molecular weight is 257 g/mol. The van der Waals surface area contributed by atoms with Gasteiger partial charge in [-0.25, -0.2) is 0 Å². The van der Waals surface area contributed by atoms with Crippen molar-refractivity contribution in [1.29, 1.82) is 0 Å². The highest BCUT2D eigenvalue weighted by Gasteiger charge is 2.34. The first-order chi connectivity index (χ1) is 9.24. The lowest BCUT2D eigenvalue weighted by Crippen LogP contribution is -2.44. The smallest absolute Gasteiger partial charge is 0.0548 e. The molecule has 0 saturated carbocycles. The minimum atomic E-state index is -0.177. The molecular weight excluding hydrogens is 234 g/mol. The minimum Gasteiger partial charge on any atom is -0.395 e. The molecule has 19 heavy (non-hydrogen) atoms. The molecule has 1 aromatic carbocycles. The highest BCUT2D eigenvalue weighted by Crippen LogP contribution is 2.32. The molecule has 0 radical (unpaired) electrons. The molecule has 2 heteroatoms. The first-order valence-electron chi connectivity index (χ1n) is 6.96. The quantitative estimate of drug-likeness (QED) is 0.820. The predicted octanol–water partition coefficient (Wildman–Crippen LogP) is 2.88. The van der Waals surface area contributed by atoms with Crippen molar-refractivity contribution in [2.24, 2.45) is 0 Å². The van der Waals surface area contributed by atoms with Crippen molar-refractivity contribution in [1.82, 2.24) is 4.90 Å². The van der Waals surface area contributed by atoms with E-state index < -0.39 is 0 Å².